The van der Waals surface area contributed by atoms with Crippen molar-refractivity contribution in [3.05, 3.63) is 35.4 Å². The Morgan fingerprint density at radius 1 is 0.448 bits per heavy atom. The van der Waals surface area contributed by atoms with Crippen LogP contribution in [0.4, 0.5) is 0 Å². The third-order valence-corrected chi connectivity index (χ3v) is 6.48. The maximum atomic E-state index is 6.75. The Balaban J connectivity index is 2.09. The average Bonchev–Trinajstić information content (AvgIpc) is 3.11. The highest BCUT2D eigenvalue weighted by molar-refractivity contribution is 6.49. The van der Waals surface area contributed by atoms with E-state index < -0.39 is 0 Å². The maximum absolute atomic E-state index is 6.75. The fraction of sp³-hybridized carbons (Fsp3) is 0.167. The van der Waals surface area contributed by atoms with Gasteiger partial charge in [0.05, 0.1) is 28.4 Å². The summed E-state index contributed by atoms with van der Waals surface area (Å²) in [4.78, 5) is 0. The number of methoxy groups -OCH3 is 4. The van der Waals surface area contributed by atoms with Crippen LogP contribution in [0.3, 0.4) is 0 Å². The van der Waals surface area contributed by atoms with Gasteiger partial charge in [-0.15, -0.1) is 0 Å². The fourth-order valence-corrected chi connectivity index (χ4v) is 5.27. The first-order valence-corrected chi connectivity index (χ1v) is 9.65. The molecule has 0 aliphatic heterocycles. The zero-order valence-electron chi connectivity index (χ0n) is 16.4. The summed E-state index contributed by atoms with van der Waals surface area (Å²) in [5.41, 5.74) is 0. The Kier molecular flexibility index (Phi) is 3.18. The van der Waals surface area contributed by atoms with Gasteiger partial charge in [-0.25, -0.2) is 0 Å². The van der Waals surface area contributed by atoms with Gasteiger partial charge in [-0.2, -0.15) is 0 Å². The second-order valence-electron chi connectivity index (χ2n) is 7.29. The van der Waals surface area contributed by atoms with E-state index in [1.165, 1.54) is 0 Å². The summed E-state index contributed by atoms with van der Waals surface area (Å²) in [6.45, 7) is 0. The second-order valence-corrected chi connectivity index (χ2v) is 7.69. The highest BCUT2D eigenvalue weighted by atomic mass is 35.5. The van der Waals surface area contributed by atoms with Crippen LogP contribution in [0.1, 0.15) is 0 Å². The van der Waals surface area contributed by atoms with Crippen LogP contribution in [0.15, 0.2) is 30.3 Å². The Bertz CT molecular complexity index is 1520. The fourth-order valence-electron chi connectivity index (χ4n) is 5.01. The maximum Gasteiger partial charge on any atom is 0.127 e. The minimum atomic E-state index is 0.675. The highest BCUT2D eigenvalue weighted by Crippen LogP contribution is 2.56. The summed E-state index contributed by atoms with van der Waals surface area (Å²) < 4.78 is 23.0. The summed E-state index contributed by atoms with van der Waals surface area (Å²) in [5, 5.41) is 11.4. The molecule has 0 aliphatic carbocycles. The van der Waals surface area contributed by atoms with Crippen LogP contribution >= 0.6 is 11.6 Å². The molecule has 6 aromatic rings. The first kappa shape index (κ1) is 16.8. The quantitative estimate of drug-likeness (QED) is 0.316. The van der Waals surface area contributed by atoms with Gasteiger partial charge >= 0.3 is 0 Å². The van der Waals surface area contributed by atoms with Crippen molar-refractivity contribution in [3.8, 4) is 23.0 Å². The largest absolute Gasteiger partial charge is 0.496 e. The van der Waals surface area contributed by atoms with Gasteiger partial charge in [0.1, 0.15) is 23.0 Å². The first-order valence-electron chi connectivity index (χ1n) is 9.28. The van der Waals surface area contributed by atoms with Crippen LogP contribution in [0.2, 0.25) is 5.02 Å². The van der Waals surface area contributed by atoms with Crippen LogP contribution in [-0.2, 0) is 0 Å². The third kappa shape index (κ3) is 1.81. The zero-order valence-corrected chi connectivity index (χ0v) is 17.2. The van der Waals surface area contributed by atoms with Crippen molar-refractivity contribution in [1.29, 1.82) is 0 Å². The molecule has 0 amide bonds. The summed E-state index contributed by atoms with van der Waals surface area (Å²) in [6.07, 6.45) is 0. The Morgan fingerprint density at radius 2 is 0.724 bits per heavy atom. The van der Waals surface area contributed by atoms with E-state index in [9.17, 15) is 0 Å². The van der Waals surface area contributed by atoms with Crippen molar-refractivity contribution in [3.63, 3.8) is 0 Å². The number of hydrogen-bond donors (Lipinski definition) is 0. The van der Waals surface area contributed by atoms with Crippen LogP contribution < -0.4 is 18.9 Å². The van der Waals surface area contributed by atoms with E-state index in [0.717, 1.165) is 76.9 Å². The SMILES string of the molecule is COc1cc2c(OC)cc3c(OC)cc4c(OC)cc5c(Cl)cc1c1c5c4c3c21. The van der Waals surface area contributed by atoms with Crippen molar-refractivity contribution < 1.29 is 18.9 Å². The van der Waals surface area contributed by atoms with Crippen LogP contribution in [0.5, 0.6) is 23.0 Å². The molecule has 0 aromatic heterocycles. The molecule has 4 nitrogen and oxygen atoms in total. The summed E-state index contributed by atoms with van der Waals surface area (Å²) in [5.74, 6) is 3.12. The standard InChI is InChI=1S/C24H17ClO4/c1-26-16-6-10-15(25)5-11-17(27-2)7-13-19(29-4)9-14-18(28-3)8-12(16)22-20(10)21(11)23(13)24(14)22/h5-9H,1-4H3. The van der Waals surface area contributed by atoms with E-state index in [1.54, 1.807) is 28.4 Å². The van der Waals surface area contributed by atoms with Crippen molar-refractivity contribution in [2.45, 2.75) is 0 Å². The van der Waals surface area contributed by atoms with Crippen molar-refractivity contribution in [1.82, 2.24) is 0 Å². The number of hydrogen-bond acceptors (Lipinski definition) is 4. The minimum Gasteiger partial charge on any atom is -0.496 e. The van der Waals surface area contributed by atoms with Crippen molar-refractivity contribution in [2.75, 3.05) is 28.4 Å². The Labute approximate surface area is 171 Å². The molecule has 6 rings (SSSR count). The Morgan fingerprint density at radius 3 is 1.07 bits per heavy atom. The molecule has 0 saturated carbocycles. The van der Waals surface area contributed by atoms with Gasteiger partial charge in [0.15, 0.2) is 0 Å². The van der Waals surface area contributed by atoms with Crippen LogP contribution in [0.25, 0.3) is 53.9 Å². The lowest BCUT2D eigenvalue weighted by Crippen LogP contribution is -1.92. The van der Waals surface area contributed by atoms with E-state index in [1.807, 2.05) is 30.3 Å². The summed E-state index contributed by atoms with van der Waals surface area (Å²) in [7, 11) is 6.74. The molecule has 5 heteroatoms. The average molecular weight is 405 g/mol. The molecular weight excluding hydrogens is 388 g/mol. The van der Waals surface area contributed by atoms with Crippen LogP contribution in [-0.4, -0.2) is 28.4 Å². The topological polar surface area (TPSA) is 36.9 Å². The van der Waals surface area contributed by atoms with Crippen molar-refractivity contribution in [2.24, 2.45) is 0 Å². The number of halogens is 1. The molecule has 29 heavy (non-hydrogen) atoms. The van der Waals surface area contributed by atoms with Gasteiger partial charge in [-0.05, 0) is 30.3 Å². The smallest absolute Gasteiger partial charge is 0.127 e. The Hall–Kier alpha value is -3.11. The van der Waals surface area contributed by atoms with Gasteiger partial charge in [-0.1, -0.05) is 11.6 Å². The lowest BCUT2D eigenvalue weighted by atomic mass is 9.97. The number of rotatable bonds is 4. The van der Waals surface area contributed by atoms with E-state index >= 15 is 0 Å². The molecule has 0 bridgehead atoms. The van der Waals surface area contributed by atoms with Gasteiger partial charge in [-0.3, -0.25) is 0 Å². The van der Waals surface area contributed by atoms with Crippen LogP contribution in [0, 0.1) is 0 Å². The van der Waals surface area contributed by atoms with Gasteiger partial charge in [0, 0.05) is 58.9 Å². The lowest BCUT2D eigenvalue weighted by molar-refractivity contribution is 0.413. The number of ether oxygens (including phenoxy) is 4. The molecule has 0 saturated heterocycles. The first-order chi connectivity index (χ1) is 14.1. The van der Waals surface area contributed by atoms with Gasteiger partial charge in [0.25, 0.3) is 0 Å². The molecule has 0 N–H and O–H groups in total. The molecule has 6 aromatic carbocycles. The zero-order chi connectivity index (χ0) is 20.0. The predicted molar refractivity (Wildman–Crippen MR) is 119 cm³/mol. The summed E-state index contributed by atoms with van der Waals surface area (Å²) >= 11 is 6.75. The van der Waals surface area contributed by atoms with Gasteiger partial charge in [0.2, 0.25) is 0 Å². The molecule has 0 unspecified atom stereocenters. The molecule has 0 heterocycles. The molecule has 0 radical (unpaired) electrons. The molecular formula is C24H17ClO4. The monoisotopic (exact) mass is 404 g/mol. The summed E-state index contributed by atoms with van der Waals surface area (Å²) in [6, 6.07) is 10.1. The molecule has 144 valence electrons. The van der Waals surface area contributed by atoms with E-state index in [0.29, 0.717) is 5.02 Å². The number of benzene rings is 5. The van der Waals surface area contributed by atoms with E-state index in [2.05, 4.69) is 0 Å². The van der Waals surface area contributed by atoms with Crippen molar-refractivity contribution >= 4 is 65.5 Å². The van der Waals surface area contributed by atoms with E-state index in [-0.39, 0.29) is 0 Å². The molecule has 0 spiro atoms. The second kappa shape index (κ2) is 5.49. The van der Waals surface area contributed by atoms with Gasteiger partial charge < -0.3 is 18.9 Å². The molecule has 0 fully saturated rings. The highest BCUT2D eigenvalue weighted by Gasteiger charge is 2.28. The lowest BCUT2D eigenvalue weighted by Gasteiger charge is -2.14. The normalized spacial score (nSPS) is 12.3. The predicted octanol–water partition coefficient (Wildman–Crippen LogP) is 6.45. The third-order valence-electron chi connectivity index (χ3n) is 6.17. The minimum absolute atomic E-state index is 0.675. The van der Waals surface area contributed by atoms with E-state index in [4.69, 9.17) is 30.5 Å². The molecule has 0 aliphatic rings. The molecule has 0 atom stereocenters.